The number of carbonyl (C=O) groups is 1. The quantitative estimate of drug-likeness (QED) is 0.249. The number of allylic oxidation sites excluding steroid dienone is 2. The van der Waals surface area contributed by atoms with E-state index in [2.05, 4.69) is 70.4 Å². The van der Waals surface area contributed by atoms with Crippen LogP contribution >= 0.6 is 7.34 Å². The van der Waals surface area contributed by atoms with E-state index in [0.29, 0.717) is 23.9 Å². The molecule has 0 radical (unpaired) electrons. The molecule has 2 aromatic carbocycles. The number of anilines is 1. The van der Waals surface area contributed by atoms with Crippen molar-refractivity contribution in [3.8, 4) is 5.75 Å². The third kappa shape index (κ3) is 4.89. The van der Waals surface area contributed by atoms with Gasteiger partial charge in [0.25, 0.3) is 0 Å². The molecule has 3 heterocycles. The van der Waals surface area contributed by atoms with Gasteiger partial charge in [-0.1, -0.05) is 29.9 Å². The normalized spacial score (nSPS) is 25.0. The van der Waals surface area contributed by atoms with E-state index in [-0.39, 0.29) is 23.0 Å². The first-order chi connectivity index (χ1) is 19.1. The van der Waals surface area contributed by atoms with Crippen LogP contribution in [0.15, 0.2) is 59.7 Å². The van der Waals surface area contributed by atoms with Crippen LogP contribution in [0, 0.1) is 5.92 Å². The smallest absolute Gasteiger partial charge is 0.341 e. The zero-order valence-corrected chi connectivity index (χ0v) is 25.4. The first-order valence-corrected chi connectivity index (χ1v) is 15.9. The fourth-order valence-corrected chi connectivity index (χ4v) is 9.46. The maximum atomic E-state index is 12.1. The fourth-order valence-electron chi connectivity index (χ4n) is 7.32. The average molecular weight is 575 g/mol. The van der Waals surface area contributed by atoms with Crippen molar-refractivity contribution in [3.63, 3.8) is 0 Å². The number of rotatable bonds is 4. The molecule has 0 amide bonds. The lowest BCUT2D eigenvalue weighted by molar-refractivity contribution is -0.139. The maximum absolute atomic E-state index is 12.1. The summed E-state index contributed by atoms with van der Waals surface area (Å²) in [4.78, 5) is 35.2. The molecule has 2 unspecified atom stereocenters. The van der Waals surface area contributed by atoms with Crippen molar-refractivity contribution in [1.29, 1.82) is 0 Å². The van der Waals surface area contributed by atoms with E-state index in [4.69, 9.17) is 9.84 Å². The molecule has 0 spiro atoms. The third-order valence-corrected chi connectivity index (χ3v) is 11.0. The van der Waals surface area contributed by atoms with Crippen molar-refractivity contribution in [1.82, 2.24) is 5.32 Å². The Kier molecular flexibility index (Phi) is 6.48. The van der Waals surface area contributed by atoms with Crippen LogP contribution in [-0.2, 0) is 4.79 Å². The summed E-state index contributed by atoms with van der Waals surface area (Å²) in [7, 11) is -3.63. The van der Waals surface area contributed by atoms with Crippen LogP contribution in [0.4, 0.5) is 5.69 Å². The highest BCUT2D eigenvalue weighted by atomic mass is 31.2. The Morgan fingerprint density at radius 2 is 1.71 bits per heavy atom. The Morgan fingerprint density at radius 1 is 1.00 bits per heavy atom. The summed E-state index contributed by atoms with van der Waals surface area (Å²) in [6.07, 6.45) is 5.77. The van der Waals surface area contributed by atoms with E-state index in [9.17, 15) is 14.6 Å². The number of nitrogens with one attached hydrogen (secondary N) is 2. The first kappa shape index (κ1) is 28.0. The molecular weight excluding hydrogens is 535 g/mol. The average Bonchev–Trinajstić information content (AvgIpc) is 2.86. The van der Waals surface area contributed by atoms with Gasteiger partial charge in [0.05, 0.1) is 5.54 Å². The minimum absolute atomic E-state index is 0.113. The Morgan fingerprint density at radius 3 is 2.39 bits per heavy atom. The summed E-state index contributed by atoms with van der Waals surface area (Å²) in [6.45, 7) is 12.4. The predicted octanol–water partition coefficient (Wildman–Crippen LogP) is 5.31. The molecule has 1 fully saturated rings. The Hall–Kier alpha value is -3.09. The Bertz CT molecular complexity index is 1620. The molecule has 8 heteroatoms. The zero-order valence-electron chi connectivity index (χ0n) is 24.5. The van der Waals surface area contributed by atoms with Crippen LogP contribution in [0.1, 0.15) is 71.1 Å². The topological polar surface area (TPSA) is 111 Å². The van der Waals surface area contributed by atoms with Gasteiger partial charge >= 0.3 is 5.97 Å². The third-order valence-electron chi connectivity index (χ3n) is 8.79. The predicted molar refractivity (Wildman–Crippen MR) is 167 cm³/mol. The summed E-state index contributed by atoms with van der Waals surface area (Å²) < 4.78 is 5.40. The van der Waals surface area contributed by atoms with Crippen molar-refractivity contribution in [3.05, 3.63) is 76.4 Å². The minimum Gasteiger partial charge on any atom is -0.482 e. The molecule has 0 saturated heterocycles. The monoisotopic (exact) mass is 574 g/mol. The molecule has 2 aromatic rings. The van der Waals surface area contributed by atoms with Gasteiger partial charge in [0.15, 0.2) is 13.9 Å². The SMILES string of the molecule is CC1=CC(C)(C)Nc2cc3c(cc21)C(c1ccc(OCC(=O)O)cc1)=C1CC2C(C)=CC(C)(C)NC2CC1=P3(O)O. The molecular formula is C33H39N2O5P. The van der Waals surface area contributed by atoms with E-state index in [0.717, 1.165) is 44.4 Å². The molecule has 41 heavy (non-hydrogen) atoms. The van der Waals surface area contributed by atoms with Gasteiger partial charge in [0, 0.05) is 33.4 Å². The van der Waals surface area contributed by atoms with Gasteiger partial charge in [-0.15, -0.1) is 0 Å². The van der Waals surface area contributed by atoms with Crippen molar-refractivity contribution in [2.75, 3.05) is 11.9 Å². The number of hydrogen-bond donors (Lipinski definition) is 5. The van der Waals surface area contributed by atoms with Crippen molar-refractivity contribution in [2.24, 2.45) is 5.92 Å². The van der Waals surface area contributed by atoms with Gasteiger partial charge in [-0.25, -0.2) is 4.79 Å². The molecule has 4 aliphatic rings. The summed E-state index contributed by atoms with van der Waals surface area (Å²) in [6, 6.07) is 11.7. The molecule has 3 aliphatic heterocycles. The highest BCUT2D eigenvalue weighted by molar-refractivity contribution is 7.73. The number of carboxylic acids is 1. The van der Waals surface area contributed by atoms with Gasteiger partial charge < -0.3 is 30.3 Å². The fraction of sp³-hybridized carbons (Fsp3) is 0.394. The van der Waals surface area contributed by atoms with Crippen molar-refractivity contribution < 1.29 is 24.4 Å². The van der Waals surface area contributed by atoms with Crippen LogP contribution in [0.3, 0.4) is 0 Å². The highest BCUT2D eigenvalue weighted by Gasteiger charge is 2.44. The second kappa shape index (κ2) is 9.47. The molecule has 1 saturated carbocycles. The minimum atomic E-state index is -3.63. The lowest BCUT2D eigenvalue weighted by Crippen LogP contribution is -2.55. The van der Waals surface area contributed by atoms with Gasteiger partial charge in [0.2, 0.25) is 0 Å². The molecule has 6 rings (SSSR count). The van der Waals surface area contributed by atoms with Crippen LogP contribution < -0.4 is 20.7 Å². The number of fused-ring (bicyclic) bond motifs is 4. The second-order valence-corrected chi connectivity index (χ2v) is 15.3. The maximum Gasteiger partial charge on any atom is 0.341 e. The van der Waals surface area contributed by atoms with Crippen molar-refractivity contribution >= 4 is 40.7 Å². The van der Waals surface area contributed by atoms with E-state index in [1.807, 2.05) is 18.2 Å². The van der Waals surface area contributed by atoms with Crippen molar-refractivity contribution in [2.45, 2.75) is 71.5 Å². The lowest BCUT2D eigenvalue weighted by atomic mass is 9.71. The van der Waals surface area contributed by atoms with Crippen LogP contribution in [0.5, 0.6) is 5.75 Å². The summed E-state index contributed by atoms with van der Waals surface area (Å²) in [5.74, 6) is -0.302. The molecule has 0 aromatic heterocycles. The number of ether oxygens (including phenoxy) is 1. The molecule has 2 atom stereocenters. The number of aliphatic carboxylic acids is 1. The van der Waals surface area contributed by atoms with Crippen LogP contribution in [0.25, 0.3) is 11.1 Å². The lowest BCUT2D eigenvalue weighted by Gasteiger charge is -2.47. The number of benzene rings is 2. The van der Waals surface area contributed by atoms with E-state index < -0.39 is 19.9 Å². The molecule has 216 valence electrons. The molecule has 7 nitrogen and oxygen atoms in total. The highest BCUT2D eigenvalue weighted by Crippen LogP contribution is 2.55. The van der Waals surface area contributed by atoms with E-state index >= 15 is 0 Å². The Balaban J connectivity index is 1.58. The standard InChI is InChI=1S/C33H39N2O5P/c1-18-15-32(3,4)34-26-13-28-24(11-22(18)26)31(20-7-9-21(10-8-20)40-17-30(36)37)25-12-23-19(2)16-33(5,6)35-27(23)14-29(25)41(28,38)39/h7-11,13,15-16,23,27,34-35,38-39H,12,14,17H2,1-6H3,(H,36,37). The molecule has 1 aliphatic carbocycles. The van der Waals surface area contributed by atoms with Crippen LogP contribution in [0.2, 0.25) is 0 Å². The van der Waals surface area contributed by atoms with E-state index in [1.54, 1.807) is 12.1 Å². The van der Waals surface area contributed by atoms with Gasteiger partial charge in [-0.2, -0.15) is 0 Å². The number of hydrogen-bond acceptors (Lipinski definition) is 6. The Labute approximate surface area is 241 Å². The molecule has 5 N–H and O–H groups in total. The van der Waals surface area contributed by atoms with Gasteiger partial charge in [0.1, 0.15) is 5.75 Å². The van der Waals surface area contributed by atoms with Gasteiger partial charge in [-0.3, -0.25) is 0 Å². The molecule has 0 bridgehead atoms. The zero-order chi connectivity index (χ0) is 29.5. The van der Waals surface area contributed by atoms with E-state index in [1.165, 1.54) is 5.57 Å². The summed E-state index contributed by atoms with van der Waals surface area (Å²) >= 11 is 0. The second-order valence-electron chi connectivity index (χ2n) is 13.1. The summed E-state index contributed by atoms with van der Waals surface area (Å²) in [5.41, 5.74) is 7.81. The first-order valence-electron chi connectivity index (χ1n) is 14.2. The number of carboxylic acid groups (broad SMARTS) is 1. The largest absolute Gasteiger partial charge is 0.482 e. The summed E-state index contributed by atoms with van der Waals surface area (Å²) in [5, 5.41) is 17.7. The van der Waals surface area contributed by atoms with Crippen LogP contribution in [-0.4, -0.2) is 49.9 Å². The van der Waals surface area contributed by atoms with Gasteiger partial charge in [-0.05, 0) is 112 Å².